The number of fused-ring (bicyclic) bond motifs is 1. The SMILES string of the molecule is Cc1ccc(N)cc1.c1ccc2c(c1)CCN2. The minimum atomic E-state index is 0.829. The molecule has 0 atom stereocenters. The topological polar surface area (TPSA) is 38.0 Å². The standard InChI is InChI=1S/C8H9N.C7H9N/c1-2-4-8-7(3-1)5-6-9-8;1-6-2-4-7(8)5-3-6/h1-4,9H,5-6H2;2-5H,8H2,1H3. The average Bonchev–Trinajstić information content (AvgIpc) is 2.82. The monoisotopic (exact) mass is 226 g/mol. The van der Waals surface area contributed by atoms with Crippen molar-refractivity contribution in [2.45, 2.75) is 13.3 Å². The molecule has 2 aromatic carbocycles. The molecule has 0 unspecified atom stereocenters. The van der Waals surface area contributed by atoms with Crippen molar-refractivity contribution >= 4 is 11.4 Å². The molecule has 0 spiro atoms. The van der Waals surface area contributed by atoms with E-state index in [-0.39, 0.29) is 0 Å². The Bertz CT molecular complexity index is 431. The maximum absolute atomic E-state index is 5.43. The Balaban J connectivity index is 0.000000128. The van der Waals surface area contributed by atoms with Crippen LogP contribution in [-0.4, -0.2) is 6.54 Å². The van der Waals surface area contributed by atoms with Crippen LogP contribution in [0.1, 0.15) is 11.1 Å². The van der Waals surface area contributed by atoms with Crippen molar-refractivity contribution in [3.05, 3.63) is 59.7 Å². The third-order valence-corrected chi connectivity index (χ3v) is 2.80. The van der Waals surface area contributed by atoms with Gasteiger partial charge in [-0.05, 0) is 37.1 Å². The van der Waals surface area contributed by atoms with E-state index < -0.39 is 0 Å². The van der Waals surface area contributed by atoms with E-state index in [0.717, 1.165) is 12.2 Å². The first-order chi connectivity index (χ1) is 8.25. The van der Waals surface area contributed by atoms with Crippen molar-refractivity contribution in [1.29, 1.82) is 0 Å². The summed E-state index contributed by atoms with van der Waals surface area (Å²) in [4.78, 5) is 0. The zero-order valence-electron chi connectivity index (χ0n) is 10.1. The van der Waals surface area contributed by atoms with Crippen molar-refractivity contribution in [1.82, 2.24) is 0 Å². The summed E-state index contributed by atoms with van der Waals surface area (Å²) in [6, 6.07) is 16.2. The molecule has 1 heterocycles. The van der Waals surface area contributed by atoms with Gasteiger partial charge in [0.1, 0.15) is 0 Å². The summed E-state index contributed by atoms with van der Waals surface area (Å²) in [5.74, 6) is 0. The van der Waals surface area contributed by atoms with Gasteiger partial charge in [0.05, 0.1) is 0 Å². The second-order valence-electron chi connectivity index (χ2n) is 4.24. The smallest absolute Gasteiger partial charge is 0.0373 e. The number of para-hydroxylation sites is 1. The summed E-state index contributed by atoms with van der Waals surface area (Å²) in [6.07, 6.45) is 1.19. The second-order valence-corrected chi connectivity index (χ2v) is 4.24. The van der Waals surface area contributed by atoms with Gasteiger partial charge in [-0.15, -0.1) is 0 Å². The molecule has 88 valence electrons. The van der Waals surface area contributed by atoms with E-state index in [2.05, 4.69) is 29.6 Å². The molecule has 2 heteroatoms. The molecule has 0 radical (unpaired) electrons. The molecule has 2 aromatic rings. The van der Waals surface area contributed by atoms with Crippen LogP contribution in [0.3, 0.4) is 0 Å². The van der Waals surface area contributed by atoms with E-state index in [1.807, 2.05) is 31.2 Å². The second kappa shape index (κ2) is 5.39. The Morgan fingerprint density at radius 3 is 2.35 bits per heavy atom. The van der Waals surface area contributed by atoms with Crippen LogP contribution in [-0.2, 0) is 6.42 Å². The van der Waals surface area contributed by atoms with Crippen LogP contribution in [0.2, 0.25) is 0 Å². The average molecular weight is 226 g/mol. The summed E-state index contributed by atoms with van der Waals surface area (Å²) in [6.45, 7) is 3.15. The summed E-state index contributed by atoms with van der Waals surface area (Å²) < 4.78 is 0. The van der Waals surface area contributed by atoms with Crippen molar-refractivity contribution < 1.29 is 0 Å². The quantitative estimate of drug-likeness (QED) is 0.677. The number of rotatable bonds is 0. The number of anilines is 2. The highest BCUT2D eigenvalue weighted by Gasteiger charge is 2.05. The maximum Gasteiger partial charge on any atom is 0.0373 e. The molecule has 17 heavy (non-hydrogen) atoms. The highest BCUT2D eigenvalue weighted by molar-refractivity contribution is 5.54. The Kier molecular flexibility index (Phi) is 3.66. The van der Waals surface area contributed by atoms with Crippen LogP contribution >= 0.6 is 0 Å². The molecular weight excluding hydrogens is 208 g/mol. The maximum atomic E-state index is 5.43. The lowest BCUT2D eigenvalue weighted by atomic mass is 10.2. The number of nitrogens with one attached hydrogen (secondary N) is 1. The van der Waals surface area contributed by atoms with Crippen LogP contribution in [0.5, 0.6) is 0 Å². The third kappa shape index (κ3) is 3.25. The van der Waals surface area contributed by atoms with Gasteiger partial charge < -0.3 is 11.1 Å². The van der Waals surface area contributed by atoms with Crippen molar-refractivity contribution in [2.24, 2.45) is 0 Å². The van der Waals surface area contributed by atoms with Crippen LogP contribution in [0.4, 0.5) is 11.4 Å². The normalized spacial score (nSPS) is 12.1. The molecule has 0 saturated heterocycles. The predicted molar refractivity (Wildman–Crippen MR) is 74.2 cm³/mol. The molecule has 0 amide bonds. The van der Waals surface area contributed by atoms with Gasteiger partial charge in [0.25, 0.3) is 0 Å². The first-order valence-electron chi connectivity index (χ1n) is 5.89. The van der Waals surface area contributed by atoms with Crippen molar-refractivity contribution in [3.63, 3.8) is 0 Å². The van der Waals surface area contributed by atoms with Crippen LogP contribution in [0.15, 0.2) is 48.5 Å². The van der Waals surface area contributed by atoms with Gasteiger partial charge >= 0.3 is 0 Å². The number of benzene rings is 2. The first kappa shape index (κ1) is 11.5. The summed E-state index contributed by atoms with van der Waals surface area (Å²) in [7, 11) is 0. The molecule has 0 saturated carbocycles. The molecule has 0 fully saturated rings. The van der Waals surface area contributed by atoms with Gasteiger partial charge in [0, 0.05) is 17.9 Å². The zero-order chi connectivity index (χ0) is 12.1. The fraction of sp³-hybridized carbons (Fsp3) is 0.200. The summed E-state index contributed by atoms with van der Waals surface area (Å²) >= 11 is 0. The molecule has 0 aliphatic carbocycles. The van der Waals surface area contributed by atoms with E-state index in [9.17, 15) is 0 Å². The Morgan fingerprint density at radius 2 is 1.71 bits per heavy atom. The number of hydrogen-bond donors (Lipinski definition) is 2. The first-order valence-corrected chi connectivity index (χ1v) is 5.89. The minimum Gasteiger partial charge on any atom is -0.399 e. The molecule has 3 N–H and O–H groups in total. The lowest BCUT2D eigenvalue weighted by Gasteiger charge is -1.94. The minimum absolute atomic E-state index is 0.829. The zero-order valence-corrected chi connectivity index (χ0v) is 10.1. The lowest BCUT2D eigenvalue weighted by Crippen LogP contribution is -1.90. The van der Waals surface area contributed by atoms with Crippen LogP contribution in [0, 0.1) is 6.92 Å². The number of nitrogen functional groups attached to an aromatic ring is 1. The molecule has 2 nitrogen and oxygen atoms in total. The summed E-state index contributed by atoms with van der Waals surface area (Å²) in [5, 5.41) is 3.30. The van der Waals surface area contributed by atoms with Gasteiger partial charge in [0.2, 0.25) is 0 Å². The number of nitrogens with two attached hydrogens (primary N) is 1. The highest BCUT2D eigenvalue weighted by atomic mass is 14.9. The van der Waals surface area contributed by atoms with Crippen molar-refractivity contribution in [3.8, 4) is 0 Å². The molecular formula is C15H18N2. The molecule has 1 aliphatic rings. The Labute approximate surface area is 102 Å². The van der Waals surface area contributed by atoms with Gasteiger partial charge in [-0.1, -0.05) is 35.9 Å². The Morgan fingerprint density at radius 1 is 1.00 bits per heavy atom. The van der Waals surface area contributed by atoms with Crippen molar-refractivity contribution in [2.75, 3.05) is 17.6 Å². The number of hydrogen-bond acceptors (Lipinski definition) is 2. The highest BCUT2D eigenvalue weighted by Crippen LogP contribution is 2.19. The lowest BCUT2D eigenvalue weighted by molar-refractivity contribution is 1.11. The van der Waals surface area contributed by atoms with E-state index >= 15 is 0 Å². The van der Waals surface area contributed by atoms with E-state index in [1.165, 1.54) is 23.2 Å². The van der Waals surface area contributed by atoms with E-state index in [4.69, 9.17) is 5.73 Å². The predicted octanol–water partition coefficient (Wildman–Crippen LogP) is 3.23. The molecule has 3 rings (SSSR count). The summed E-state index contributed by atoms with van der Waals surface area (Å²) in [5.41, 5.74) is 10.3. The van der Waals surface area contributed by atoms with Gasteiger partial charge in [-0.2, -0.15) is 0 Å². The Hall–Kier alpha value is -1.96. The third-order valence-electron chi connectivity index (χ3n) is 2.80. The molecule has 0 aromatic heterocycles. The van der Waals surface area contributed by atoms with E-state index in [0.29, 0.717) is 0 Å². The fourth-order valence-electron chi connectivity index (χ4n) is 1.81. The number of aryl methyl sites for hydroxylation is 1. The van der Waals surface area contributed by atoms with Crippen LogP contribution in [0.25, 0.3) is 0 Å². The fourth-order valence-corrected chi connectivity index (χ4v) is 1.81. The van der Waals surface area contributed by atoms with Gasteiger partial charge in [-0.3, -0.25) is 0 Å². The van der Waals surface area contributed by atoms with Gasteiger partial charge in [0.15, 0.2) is 0 Å². The van der Waals surface area contributed by atoms with Gasteiger partial charge in [-0.25, -0.2) is 0 Å². The van der Waals surface area contributed by atoms with E-state index in [1.54, 1.807) is 0 Å². The largest absolute Gasteiger partial charge is 0.399 e. The molecule has 0 bridgehead atoms. The van der Waals surface area contributed by atoms with Crippen LogP contribution < -0.4 is 11.1 Å². The molecule has 1 aliphatic heterocycles.